The Morgan fingerprint density at radius 3 is 3.14 bits per heavy atom. The van der Waals surface area contributed by atoms with Crippen LogP contribution in [0.4, 0.5) is 0 Å². The van der Waals surface area contributed by atoms with Gasteiger partial charge in [-0.05, 0) is 43.0 Å². The van der Waals surface area contributed by atoms with E-state index >= 15 is 0 Å². The van der Waals surface area contributed by atoms with Gasteiger partial charge in [-0.1, -0.05) is 23.7 Å². The van der Waals surface area contributed by atoms with Crippen LogP contribution >= 0.6 is 11.6 Å². The third-order valence-corrected chi connectivity index (χ3v) is 5.59. The molecule has 0 saturated carbocycles. The first-order chi connectivity index (χ1) is 10.2. The summed E-state index contributed by atoms with van der Waals surface area (Å²) in [4.78, 5) is 5.75. The molecule has 1 aliphatic heterocycles. The number of benzene rings is 1. The van der Waals surface area contributed by atoms with Crippen molar-refractivity contribution in [3.8, 4) is 6.07 Å². The minimum atomic E-state index is 0.479. The second-order valence-electron chi connectivity index (χ2n) is 6.47. The van der Waals surface area contributed by atoms with Crippen molar-refractivity contribution in [1.82, 2.24) is 9.88 Å². The fourth-order valence-corrected chi connectivity index (χ4v) is 4.65. The number of aromatic amines is 1. The molecule has 108 valence electrons. The predicted molar refractivity (Wildman–Crippen MR) is 84.5 cm³/mol. The average molecular weight is 300 g/mol. The number of nitrogens with zero attached hydrogens (tertiary/aromatic N) is 2. The quantitative estimate of drug-likeness (QED) is 0.872. The number of aromatic nitrogens is 1. The van der Waals surface area contributed by atoms with E-state index in [1.807, 2.05) is 0 Å². The van der Waals surface area contributed by atoms with Crippen molar-refractivity contribution in [3.63, 3.8) is 0 Å². The molecule has 0 spiro atoms. The van der Waals surface area contributed by atoms with Gasteiger partial charge in [-0.3, -0.25) is 0 Å². The maximum atomic E-state index is 9.02. The van der Waals surface area contributed by atoms with Crippen molar-refractivity contribution in [2.24, 2.45) is 5.92 Å². The van der Waals surface area contributed by atoms with Gasteiger partial charge < -0.3 is 9.88 Å². The van der Waals surface area contributed by atoms with Gasteiger partial charge in [0.2, 0.25) is 0 Å². The summed E-state index contributed by atoms with van der Waals surface area (Å²) in [7, 11) is 2.19. The van der Waals surface area contributed by atoms with Crippen molar-refractivity contribution in [2.45, 2.75) is 31.2 Å². The monoisotopic (exact) mass is 299 g/mol. The summed E-state index contributed by atoms with van der Waals surface area (Å²) < 4.78 is 0. The molecule has 2 aromatic rings. The first kappa shape index (κ1) is 13.2. The summed E-state index contributed by atoms with van der Waals surface area (Å²) in [5, 5.41) is 11.1. The number of H-pyrrole nitrogens is 1. The summed E-state index contributed by atoms with van der Waals surface area (Å²) in [5.74, 6) is 0.998. The van der Waals surface area contributed by atoms with Gasteiger partial charge in [-0.25, -0.2) is 0 Å². The topological polar surface area (TPSA) is 42.8 Å². The molecule has 0 radical (unpaired) electrons. The van der Waals surface area contributed by atoms with Gasteiger partial charge >= 0.3 is 0 Å². The number of nitriles is 1. The number of rotatable bonds is 1. The van der Waals surface area contributed by atoms with Crippen LogP contribution in [0.1, 0.15) is 29.9 Å². The average Bonchev–Trinajstić information content (AvgIpc) is 2.78. The summed E-state index contributed by atoms with van der Waals surface area (Å²) in [5.41, 5.74) is 3.83. The predicted octanol–water partition coefficient (Wildman–Crippen LogP) is 3.69. The Kier molecular flexibility index (Phi) is 2.99. The Morgan fingerprint density at radius 2 is 2.33 bits per heavy atom. The first-order valence-corrected chi connectivity index (χ1v) is 7.93. The second kappa shape index (κ2) is 4.76. The Hall–Kier alpha value is -1.50. The van der Waals surface area contributed by atoms with E-state index in [0.29, 0.717) is 24.3 Å². The summed E-state index contributed by atoms with van der Waals surface area (Å²) in [6, 6.07) is 9.32. The molecule has 4 heteroatoms. The molecule has 3 atom stereocenters. The third kappa shape index (κ3) is 1.90. The van der Waals surface area contributed by atoms with Crippen LogP contribution in [0.5, 0.6) is 0 Å². The SMILES string of the molecule is CN1CC(CC#N)C[C@@H]2c3cccc4[nH]c(Cl)c(c34)C[C@H]21. The maximum Gasteiger partial charge on any atom is 0.110 e. The number of fused-ring (bicyclic) bond motifs is 2. The highest BCUT2D eigenvalue weighted by molar-refractivity contribution is 6.32. The minimum Gasteiger partial charge on any atom is -0.345 e. The van der Waals surface area contributed by atoms with Crippen LogP contribution in [0.2, 0.25) is 5.15 Å². The van der Waals surface area contributed by atoms with E-state index in [4.69, 9.17) is 16.9 Å². The standard InChI is InChI=1S/C17H18ClN3/c1-21-9-10(5-6-19)7-12-11-3-2-4-14-16(11)13(8-15(12)21)17(18)20-14/h2-4,10,12,15,20H,5,7-9H2,1H3/t10?,12-,15-/m1/s1. The lowest BCUT2D eigenvalue weighted by molar-refractivity contribution is 0.113. The van der Waals surface area contributed by atoms with Crippen LogP contribution < -0.4 is 0 Å². The molecule has 2 aliphatic rings. The molecule has 1 aliphatic carbocycles. The zero-order chi connectivity index (χ0) is 14.6. The second-order valence-corrected chi connectivity index (χ2v) is 6.85. The lowest BCUT2D eigenvalue weighted by atomic mass is 9.72. The normalized spacial score (nSPS) is 28.3. The van der Waals surface area contributed by atoms with E-state index < -0.39 is 0 Å². The molecule has 1 unspecified atom stereocenters. The van der Waals surface area contributed by atoms with E-state index in [2.05, 4.69) is 41.2 Å². The van der Waals surface area contributed by atoms with Gasteiger partial charge in [0, 0.05) is 35.8 Å². The van der Waals surface area contributed by atoms with Crippen molar-refractivity contribution in [3.05, 3.63) is 34.5 Å². The molecule has 1 aromatic carbocycles. The van der Waals surface area contributed by atoms with E-state index in [-0.39, 0.29) is 0 Å². The van der Waals surface area contributed by atoms with Crippen LogP contribution in [0.25, 0.3) is 10.9 Å². The summed E-state index contributed by atoms with van der Waals surface area (Å²) in [6.45, 7) is 1.02. The first-order valence-electron chi connectivity index (χ1n) is 7.55. The van der Waals surface area contributed by atoms with Gasteiger partial charge in [-0.2, -0.15) is 5.26 Å². The number of hydrogen-bond acceptors (Lipinski definition) is 2. The van der Waals surface area contributed by atoms with Crippen LogP contribution in [0.15, 0.2) is 18.2 Å². The van der Waals surface area contributed by atoms with E-state index in [0.717, 1.165) is 30.1 Å². The highest BCUT2D eigenvalue weighted by Gasteiger charge is 2.39. The molecule has 3 nitrogen and oxygen atoms in total. The van der Waals surface area contributed by atoms with Crippen molar-refractivity contribution < 1.29 is 0 Å². The Morgan fingerprint density at radius 1 is 1.48 bits per heavy atom. The number of nitrogens with one attached hydrogen (secondary N) is 1. The van der Waals surface area contributed by atoms with Crippen molar-refractivity contribution in [1.29, 1.82) is 5.26 Å². The third-order valence-electron chi connectivity index (χ3n) is 5.26. The van der Waals surface area contributed by atoms with Crippen molar-refractivity contribution in [2.75, 3.05) is 13.6 Å². The highest BCUT2D eigenvalue weighted by atomic mass is 35.5. The molecule has 0 amide bonds. The van der Waals surface area contributed by atoms with Gasteiger partial charge in [0.15, 0.2) is 0 Å². The Balaban J connectivity index is 1.84. The minimum absolute atomic E-state index is 0.479. The van der Waals surface area contributed by atoms with Crippen LogP contribution in [-0.4, -0.2) is 29.5 Å². The van der Waals surface area contributed by atoms with Gasteiger partial charge in [0.25, 0.3) is 0 Å². The smallest absolute Gasteiger partial charge is 0.110 e. The zero-order valence-electron chi connectivity index (χ0n) is 12.1. The van der Waals surface area contributed by atoms with Gasteiger partial charge in [-0.15, -0.1) is 0 Å². The number of hydrogen-bond donors (Lipinski definition) is 1. The number of likely N-dealkylation sites (tertiary alicyclic amines) is 1. The molecule has 1 saturated heterocycles. The molecule has 1 fully saturated rings. The summed E-state index contributed by atoms with van der Waals surface area (Å²) in [6.07, 6.45) is 2.78. The molecule has 21 heavy (non-hydrogen) atoms. The fraction of sp³-hybridized carbons (Fsp3) is 0.471. The number of halogens is 1. The molecule has 1 N–H and O–H groups in total. The largest absolute Gasteiger partial charge is 0.345 e. The highest BCUT2D eigenvalue weighted by Crippen LogP contribution is 2.46. The van der Waals surface area contributed by atoms with Crippen LogP contribution in [-0.2, 0) is 6.42 Å². The fourth-order valence-electron chi connectivity index (χ4n) is 4.37. The van der Waals surface area contributed by atoms with E-state index in [1.54, 1.807) is 0 Å². The van der Waals surface area contributed by atoms with Gasteiger partial charge in [0.05, 0.1) is 6.07 Å². The Bertz CT molecular complexity index is 742. The van der Waals surface area contributed by atoms with Crippen molar-refractivity contribution >= 4 is 22.5 Å². The molecule has 0 bridgehead atoms. The summed E-state index contributed by atoms with van der Waals surface area (Å²) >= 11 is 6.41. The molecule has 1 aromatic heterocycles. The molecular formula is C17H18ClN3. The van der Waals surface area contributed by atoms with E-state index in [1.165, 1.54) is 16.5 Å². The van der Waals surface area contributed by atoms with Crippen LogP contribution in [0.3, 0.4) is 0 Å². The molecule has 4 rings (SSSR count). The lowest BCUT2D eigenvalue weighted by Crippen LogP contribution is -2.47. The lowest BCUT2D eigenvalue weighted by Gasteiger charge is -2.45. The Labute approximate surface area is 129 Å². The number of piperidine rings is 1. The van der Waals surface area contributed by atoms with E-state index in [9.17, 15) is 0 Å². The zero-order valence-corrected chi connectivity index (χ0v) is 12.8. The number of likely N-dealkylation sites (N-methyl/N-ethyl adjacent to an activating group) is 1. The molecule has 2 heterocycles. The maximum absolute atomic E-state index is 9.02. The van der Waals surface area contributed by atoms with Crippen LogP contribution in [0, 0.1) is 17.2 Å². The molecular weight excluding hydrogens is 282 g/mol. The van der Waals surface area contributed by atoms with Gasteiger partial charge in [0.1, 0.15) is 5.15 Å².